The second-order valence-electron chi connectivity index (χ2n) is 8.94. The van der Waals surface area contributed by atoms with Crippen LogP contribution in [0.5, 0.6) is 11.5 Å². The number of halogens is 1. The normalized spacial score (nSPS) is 18.5. The first-order valence-corrected chi connectivity index (χ1v) is 12.1. The van der Waals surface area contributed by atoms with Crippen molar-refractivity contribution in [2.75, 3.05) is 26.7 Å². The van der Waals surface area contributed by atoms with E-state index in [1.165, 1.54) is 0 Å². The Hall–Kier alpha value is -2.86. The minimum atomic E-state index is -0.777. The van der Waals surface area contributed by atoms with Crippen molar-refractivity contribution < 1.29 is 14.6 Å². The van der Waals surface area contributed by atoms with Crippen LogP contribution in [0.15, 0.2) is 66.9 Å². The molecule has 176 valence electrons. The summed E-state index contributed by atoms with van der Waals surface area (Å²) in [5.41, 5.74) is 4.43. The van der Waals surface area contributed by atoms with Gasteiger partial charge in [-0.1, -0.05) is 35.9 Å². The lowest BCUT2D eigenvalue weighted by molar-refractivity contribution is -0.0254. The topological polar surface area (TPSA) is 54.8 Å². The van der Waals surface area contributed by atoms with Gasteiger partial charge in [0.25, 0.3) is 0 Å². The molecule has 1 saturated heterocycles. The number of aromatic nitrogens is 1. The highest BCUT2D eigenvalue weighted by Crippen LogP contribution is 2.38. The van der Waals surface area contributed by atoms with Gasteiger partial charge in [-0.15, -0.1) is 0 Å². The zero-order valence-corrected chi connectivity index (χ0v) is 20.1. The van der Waals surface area contributed by atoms with E-state index in [9.17, 15) is 5.11 Å². The van der Waals surface area contributed by atoms with Crippen LogP contribution < -0.4 is 9.47 Å². The summed E-state index contributed by atoms with van der Waals surface area (Å²) in [6, 6.07) is 17.6. The van der Waals surface area contributed by atoms with Crippen molar-refractivity contribution in [3.8, 4) is 11.5 Å². The van der Waals surface area contributed by atoms with Crippen molar-refractivity contribution in [2.45, 2.75) is 31.5 Å². The van der Waals surface area contributed by atoms with E-state index < -0.39 is 5.60 Å². The standard InChI is InChI=1S/C28H29ClN2O3/c1-33-22-10-11-25-23(24-4-2-14-30-26(24)19-34-27(25)18-22)5-3-15-31-16-12-28(32,13-17-31)20-6-8-21(29)9-7-20/h2,4-11,14,18,32H,3,12-13,15-17,19H2,1H3/b23-5+. The zero-order valence-electron chi connectivity index (χ0n) is 19.3. The highest BCUT2D eigenvalue weighted by Gasteiger charge is 2.33. The highest BCUT2D eigenvalue weighted by atomic mass is 35.5. The van der Waals surface area contributed by atoms with Crippen molar-refractivity contribution in [2.24, 2.45) is 0 Å². The van der Waals surface area contributed by atoms with E-state index in [0.29, 0.717) is 24.5 Å². The smallest absolute Gasteiger partial charge is 0.131 e. The molecule has 5 nitrogen and oxygen atoms in total. The summed E-state index contributed by atoms with van der Waals surface area (Å²) in [6.45, 7) is 3.08. The molecule has 2 aliphatic heterocycles. The van der Waals surface area contributed by atoms with Gasteiger partial charge in [0.1, 0.15) is 18.1 Å². The van der Waals surface area contributed by atoms with Gasteiger partial charge in [-0.05, 0) is 60.7 Å². The molecular formula is C28H29ClN2O3. The SMILES string of the molecule is COc1ccc2c(c1)OCc1ncccc1/C2=C\CCN1CCC(O)(c2ccc(Cl)cc2)CC1. The minimum Gasteiger partial charge on any atom is -0.497 e. The predicted molar refractivity (Wildman–Crippen MR) is 134 cm³/mol. The molecule has 1 N–H and O–H groups in total. The van der Waals surface area contributed by atoms with Gasteiger partial charge >= 0.3 is 0 Å². The molecule has 0 amide bonds. The number of ether oxygens (including phenoxy) is 2. The Bertz CT molecular complexity index is 1180. The van der Waals surface area contributed by atoms with Crippen molar-refractivity contribution in [3.05, 3.63) is 94.3 Å². The fraction of sp³-hybridized carbons (Fsp3) is 0.321. The molecular weight excluding hydrogens is 448 g/mol. The van der Waals surface area contributed by atoms with Crippen molar-refractivity contribution in [3.63, 3.8) is 0 Å². The second-order valence-corrected chi connectivity index (χ2v) is 9.37. The molecule has 0 spiro atoms. The summed E-state index contributed by atoms with van der Waals surface area (Å²) >= 11 is 6.02. The average molecular weight is 477 g/mol. The molecule has 1 aromatic heterocycles. The summed E-state index contributed by atoms with van der Waals surface area (Å²) in [5.74, 6) is 1.59. The van der Waals surface area contributed by atoms with Crippen LogP contribution in [0.4, 0.5) is 0 Å². The molecule has 0 aliphatic carbocycles. The summed E-state index contributed by atoms with van der Waals surface area (Å²) in [5, 5.41) is 11.9. The second kappa shape index (κ2) is 9.79. The first kappa shape index (κ1) is 22.9. The molecule has 6 heteroatoms. The molecule has 1 fully saturated rings. The lowest BCUT2D eigenvalue weighted by atomic mass is 9.84. The van der Waals surface area contributed by atoms with E-state index in [1.54, 1.807) is 7.11 Å². The van der Waals surface area contributed by atoms with Crippen LogP contribution in [-0.2, 0) is 12.2 Å². The fourth-order valence-electron chi connectivity index (χ4n) is 4.87. The number of hydrogen-bond donors (Lipinski definition) is 1. The molecule has 2 aliphatic rings. The van der Waals surface area contributed by atoms with Crippen LogP contribution >= 0.6 is 11.6 Å². The number of pyridine rings is 1. The van der Waals surface area contributed by atoms with E-state index in [0.717, 1.165) is 65.5 Å². The molecule has 0 bridgehead atoms. The van der Waals surface area contributed by atoms with Crippen LogP contribution in [0.1, 0.15) is 41.6 Å². The van der Waals surface area contributed by atoms with Gasteiger partial charge in [0, 0.05) is 48.0 Å². The Balaban J connectivity index is 1.30. The van der Waals surface area contributed by atoms with Crippen LogP contribution in [0.25, 0.3) is 5.57 Å². The average Bonchev–Trinajstić information content (AvgIpc) is 3.02. The number of aliphatic hydroxyl groups is 1. The van der Waals surface area contributed by atoms with E-state index in [1.807, 2.05) is 48.7 Å². The van der Waals surface area contributed by atoms with E-state index in [-0.39, 0.29) is 0 Å². The number of likely N-dealkylation sites (tertiary alicyclic amines) is 1. The zero-order chi connectivity index (χ0) is 23.5. The van der Waals surface area contributed by atoms with Crippen molar-refractivity contribution >= 4 is 17.2 Å². The van der Waals surface area contributed by atoms with Crippen LogP contribution in [-0.4, -0.2) is 41.7 Å². The van der Waals surface area contributed by atoms with Gasteiger partial charge in [-0.2, -0.15) is 0 Å². The molecule has 0 radical (unpaired) electrons. The van der Waals surface area contributed by atoms with Gasteiger partial charge in [-0.25, -0.2) is 0 Å². The molecule has 0 unspecified atom stereocenters. The number of nitrogens with zero attached hydrogens (tertiary/aromatic N) is 2. The highest BCUT2D eigenvalue weighted by molar-refractivity contribution is 6.30. The first-order chi connectivity index (χ1) is 16.6. The van der Waals surface area contributed by atoms with E-state index in [4.69, 9.17) is 21.1 Å². The minimum absolute atomic E-state index is 0.434. The molecule has 0 saturated carbocycles. The maximum atomic E-state index is 11.2. The van der Waals surface area contributed by atoms with Gasteiger partial charge in [0.2, 0.25) is 0 Å². The predicted octanol–water partition coefficient (Wildman–Crippen LogP) is 5.44. The first-order valence-electron chi connectivity index (χ1n) is 11.7. The lowest BCUT2D eigenvalue weighted by Crippen LogP contribution is -2.42. The van der Waals surface area contributed by atoms with Crippen molar-refractivity contribution in [1.82, 2.24) is 9.88 Å². The molecule has 3 heterocycles. The van der Waals surface area contributed by atoms with Crippen LogP contribution in [0.3, 0.4) is 0 Å². The number of hydrogen-bond acceptors (Lipinski definition) is 5. The monoisotopic (exact) mass is 476 g/mol. The van der Waals surface area contributed by atoms with Crippen LogP contribution in [0, 0.1) is 0 Å². The number of fused-ring (bicyclic) bond motifs is 2. The van der Waals surface area contributed by atoms with Crippen LogP contribution in [0.2, 0.25) is 5.02 Å². The molecule has 2 aromatic carbocycles. The maximum absolute atomic E-state index is 11.2. The number of methoxy groups -OCH3 is 1. The Kier molecular flexibility index (Phi) is 6.59. The Morgan fingerprint density at radius 3 is 2.68 bits per heavy atom. The Morgan fingerprint density at radius 2 is 1.91 bits per heavy atom. The molecule has 0 atom stereocenters. The number of piperidine rings is 1. The van der Waals surface area contributed by atoms with Gasteiger partial charge in [0.05, 0.1) is 18.4 Å². The van der Waals surface area contributed by atoms with Gasteiger partial charge in [-0.3, -0.25) is 4.98 Å². The summed E-state index contributed by atoms with van der Waals surface area (Å²) in [6.07, 6.45) is 6.43. The van der Waals surface area contributed by atoms with E-state index >= 15 is 0 Å². The summed E-state index contributed by atoms with van der Waals surface area (Å²) in [4.78, 5) is 6.98. The third-order valence-electron chi connectivity index (χ3n) is 6.88. The quantitative estimate of drug-likeness (QED) is 0.531. The summed E-state index contributed by atoms with van der Waals surface area (Å²) in [7, 11) is 1.66. The molecule has 3 aromatic rings. The number of benzene rings is 2. The third-order valence-corrected chi connectivity index (χ3v) is 7.13. The third kappa shape index (κ3) is 4.69. The number of rotatable bonds is 5. The largest absolute Gasteiger partial charge is 0.497 e. The lowest BCUT2D eigenvalue weighted by Gasteiger charge is -2.38. The van der Waals surface area contributed by atoms with Gasteiger partial charge in [0.15, 0.2) is 0 Å². The fourth-order valence-corrected chi connectivity index (χ4v) is 4.99. The van der Waals surface area contributed by atoms with Gasteiger partial charge < -0.3 is 19.5 Å². The molecule has 34 heavy (non-hydrogen) atoms. The van der Waals surface area contributed by atoms with Crippen molar-refractivity contribution in [1.29, 1.82) is 0 Å². The summed E-state index contributed by atoms with van der Waals surface area (Å²) < 4.78 is 11.5. The Morgan fingerprint density at radius 1 is 1.12 bits per heavy atom. The maximum Gasteiger partial charge on any atom is 0.131 e. The van der Waals surface area contributed by atoms with E-state index in [2.05, 4.69) is 28.1 Å². The molecule has 5 rings (SSSR count). The Labute approximate surface area is 205 Å².